The summed E-state index contributed by atoms with van der Waals surface area (Å²) in [5.41, 5.74) is 3.79. The maximum atomic E-state index is 13.1. The Morgan fingerprint density at radius 1 is 1.19 bits per heavy atom. The van der Waals surface area contributed by atoms with Crippen molar-refractivity contribution in [1.82, 2.24) is 19.1 Å². The summed E-state index contributed by atoms with van der Waals surface area (Å²) in [6, 6.07) is 12.6. The Hall–Kier alpha value is -3.13. The minimum absolute atomic E-state index is 0.0294. The average molecular weight is 450 g/mol. The van der Waals surface area contributed by atoms with Crippen LogP contribution in [0, 0.1) is 6.92 Å². The lowest BCUT2D eigenvalue weighted by atomic mass is 10.1. The Morgan fingerprint density at radius 3 is 2.78 bits per heavy atom. The molecule has 0 bridgehead atoms. The predicted octanol–water partition coefficient (Wildman–Crippen LogP) is 3.32. The van der Waals surface area contributed by atoms with Crippen molar-refractivity contribution < 1.29 is 4.79 Å². The van der Waals surface area contributed by atoms with E-state index < -0.39 is 0 Å². The van der Waals surface area contributed by atoms with Gasteiger partial charge in [0.2, 0.25) is 5.91 Å². The standard InChI is InChI=1S/C24H27N5O2S/c1-4-22-25-28(24(31)20-13-21-19(29(20)22)8-11-32-21)15-23(30)26-9-10-27(17(3)14-26)18-7-5-6-16(2)12-18/h5-8,11-13,17H,4,9-10,14-15H2,1-3H3/t17-/m1/s1. The van der Waals surface area contributed by atoms with Gasteiger partial charge in [0.15, 0.2) is 0 Å². The van der Waals surface area contributed by atoms with Crippen molar-refractivity contribution in [3.8, 4) is 0 Å². The van der Waals surface area contributed by atoms with E-state index in [1.807, 2.05) is 33.7 Å². The van der Waals surface area contributed by atoms with E-state index in [4.69, 9.17) is 0 Å². The van der Waals surface area contributed by atoms with Gasteiger partial charge in [0.05, 0.1) is 10.2 Å². The average Bonchev–Trinajstić information content (AvgIpc) is 3.37. The molecule has 1 fully saturated rings. The van der Waals surface area contributed by atoms with E-state index in [0.717, 1.165) is 22.6 Å². The summed E-state index contributed by atoms with van der Waals surface area (Å²) in [5, 5.41) is 6.58. The SMILES string of the molecule is CCc1nn(CC(=O)N2CCN(c3cccc(C)c3)[C@H](C)C2)c(=O)c2cc3sccc3n12. The molecular weight excluding hydrogens is 422 g/mol. The summed E-state index contributed by atoms with van der Waals surface area (Å²) in [4.78, 5) is 30.4. The molecule has 8 heteroatoms. The summed E-state index contributed by atoms with van der Waals surface area (Å²) in [7, 11) is 0. The number of aromatic nitrogens is 3. The number of fused-ring (bicyclic) bond motifs is 3. The molecule has 4 heterocycles. The normalized spacial score (nSPS) is 16.9. The van der Waals surface area contributed by atoms with Gasteiger partial charge in [-0.25, -0.2) is 4.68 Å². The molecule has 1 atom stereocenters. The van der Waals surface area contributed by atoms with Crippen molar-refractivity contribution in [2.24, 2.45) is 0 Å². The van der Waals surface area contributed by atoms with E-state index in [-0.39, 0.29) is 24.1 Å². The highest BCUT2D eigenvalue weighted by Crippen LogP contribution is 2.25. The van der Waals surface area contributed by atoms with Gasteiger partial charge in [-0.15, -0.1) is 11.3 Å². The molecule has 0 aliphatic carbocycles. The van der Waals surface area contributed by atoms with E-state index in [1.165, 1.54) is 15.9 Å². The fourth-order valence-corrected chi connectivity index (χ4v) is 5.46. The Bertz CT molecular complexity index is 1370. The van der Waals surface area contributed by atoms with Crippen LogP contribution in [-0.2, 0) is 17.8 Å². The lowest BCUT2D eigenvalue weighted by molar-refractivity contribution is -0.132. The molecule has 166 valence electrons. The van der Waals surface area contributed by atoms with Crippen LogP contribution in [0.25, 0.3) is 15.7 Å². The molecule has 1 amide bonds. The summed E-state index contributed by atoms with van der Waals surface area (Å²) < 4.78 is 4.33. The number of hydrogen-bond donors (Lipinski definition) is 0. The molecule has 0 spiro atoms. The lowest BCUT2D eigenvalue weighted by Crippen LogP contribution is -2.54. The second kappa shape index (κ2) is 8.09. The molecular formula is C24H27N5O2S. The first-order valence-electron chi connectivity index (χ1n) is 11.1. The molecule has 1 aromatic carbocycles. The van der Waals surface area contributed by atoms with Gasteiger partial charge in [-0.2, -0.15) is 5.10 Å². The topological polar surface area (TPSA) is 62.9 Å². The molecule has 5 rings (SSSR count). The van der Waals surface area contributed by atoms with Gasteiger partial charge < -0.3 is 9.80 Å². The number of carbonyl (C=O) groups is 1. The fraction of sp³-hybridized carbons (Fsp3) is 0.375. The van der Waals surface area contributed by atoms with Crippen molar-refractivity contribution in [2.45, 2.75) is 39.8 Å². The number of thiophene rings is 1. The Labute approximate surface area is 190 Å². The van der Waals surface area contributed by atoms with Crippen LogP contribution in [0.1, 0.15) is 25.2 Å². The van der Waals surface area contributed by atoms with Crippen molar-refractivity contribution in [3.63, 3.8) is 0 Å². The van der Waals surface area contributed by atoms with Gasteiger partial charge >= 0.3 is 0 Å². The number of piperazine rings is 1. The molecule has 1 saturated heterocycles. The van der Waals surface area contributed by atoms with Crippen LogP contribution < -0.4 is 10.5 Å². The van der Waals surface area contributed by atoms with Gasteiger partial charge in [-0.1, -0.05) is 19.1 Å². The number of nitrogens with zero attached hydrogens (tertiary/aromatic N) is 5. The number of hydrogen-bond acceptors (Lipinski definition) is 5. The molecule has 0 unspecified atom stereocenters. The zero-order chi connectivity index (χ0) is 22.4. The summed E-state index contributed by atoms with van der Waals surface area (Å²) in [6.07, 6.45) is 0.677. The van der Waals surface area contributed by atoms with Gasteiger partial charge in [0, 0.05) is 37.8 Å². The smallest absolute Gasteiger partial charge is 0.291 e. The quantitative estimate of drug-likeness (QED) is 0.480. The maximum Gasteiger partial charge on any atom is 0.291 e. The molecule has 7 nitrogen and oxygen atoms in total. The van der Waals surface area contributed by atoms with E-state index in [2.05, 4.69) is 48.1 Å². The Morgan fingerprint density at radius 2 is 2.03 bits per heavy atom. The zero-order valence-corrected chi connectivity index (χ0v) is 19.4. The lowest BCUT2D eigenvalue weighted by Gasteiger charge is -2.41. The van der Waals surface area contributed by atoms with Gasteiger partial charge in [0.25, 0.3) is 5.56 Å². The number of rotatable bonds is 4. The van der Waals surface area contributed by atoms with Crippen LogP contribution in [0.5, 0.6) is 0 Å². The fourth-order valence-electron chi connectivity index (χ4n) is 4.66. The van der Waals surface area contributed by atoms with E-state index in [1.54, 1.807) is 11.3 Å². The molecule has 0 N–H and O–H groups in total. The van der Waals surface area contributed by atoms with Crippen LogP contribution >= 0.6 is 11.3 Å². The van der Waals surface area contributed by atoms with E-state index >= 15 is 0 Å². The second-order valence-corrected chi connectivity index (χ2v) is 9.44. The highest BCUT2D eigenvalue weighted by atomic mass is 32.1. The van der Waals surface area contributed by atoms with Crippen LogP contribution in [0.15, 0.2) is 46.6 Å². The largest absolute Gasteiger partial charge is 0.365 e. The number of benzene rings is 1. The van der Waals surface area contributed by atoms with Crippen LogP contribution in [-0.4, -0.2) is 50.7 Å². The second-order valence-electron chi connectivity index (χ2n) is 8.49. The minimum Gasteiger partial charge on any atom is -0.365 e. The van der Waals surface area contributed by atoms with Gasteiger partial charge in [0.1, 0.15) is 17.9 Å². The Kier molecular flexibility index (Phi) is 5.25. The molecule has 1 aliphatic rings. The highest BCUT2D eigenvalue weighted by molar-refractivity contribution is 7.17. The van der Waals surface area contributed by atoms with Gasteiger partial charge in [-0.05, 0) is 49.1 Å². The number of anilines is 1. The molecule has 4 aromatic rings. The molecule has 3 aromatic heterocycles. The summed E-state index contributed by atoms with van der Waals surface area (Å²) in [5.74, 6) is 0.730. The van der Waals surface area contributed by atoms with E-state index in [9.17, 15) is 9.59 Å². The van der Waals surface area contributed by atoms with Crippen LogP contribution in [0.4, 0.5) is 5.69 Å². The predicted molar refractivity (Wildman–Crippen MR) is 129 cm³/mol. The highest BCUT2D eigenvalue weighted by Gasteiger charge is 2.27. The molecule has 32 heavy (non-hydrogen) atoms. The van der Waals surface area contributed by atoms with Gasteiger partial charge in [-0.3, -0.25) is 14.0 Å². The van der Waals surface area contributed by atoms with Crippen molar-refractivity contribution in [2.75, 3.05) is 24.5 Å². The van der Waals surface area contributed by atoms with Crippen molar-refractivity contribution in [1.29, 1.82) is 0 Å². The number of aryl methyl sites for hydroxylation is 2. The Balaban J connectivity index is 1.37. The van der Waals surface area contributed by atoms with Crippen molar-refractivity contribution in [3.05, 3.63) is 63.5 Å². The first kappa shape index (κ1) is 20.8. The monoisotopic (exact) mass is 449 g/mol. The third-order valence-corrected chi connectivity index (χ3v) is 7.14. The maximum absolute atomic E-state index is 13.1. The molecule has 0 saturated carbocycles. The minimum atomic E-state index is -0.217. The third-order valence-electron chi connectivity index (χ3n) is 6.29. The molecule has 1 aliphatic heterocycles. The summed E-state index contributed by atoms with van der Waals surface area (Å²) >= 11 is 1.61. The number of carbonyl (C=O) groups excluding carboxylic acids is 1. The first-order chi connectivity index (χ1) is 15.5. The van der Waals surface area contributed by atoms with Crippen molar-refractivity contribution >= 4 is 38.7 Å². The van der Waals surface area contributed by atoms with Crippen LogP contribution in [0.3, 0.4) is 0 Å². The molecule has 0 radical (unpaired) electrons. The number of amides is 1. The zero-order valence-electron chi connectivity index (χ0n) is 18.6. The first-order valence-corrected chi connectivity index (χ1v) is 11.9. The summed E-state index contributed by atoms with van der Waals surface area (Å²) in [6.45, 7) is 8.25. The van der Waals surface area contributed by atoms with E-state index in [0.29, 0.717) is 25.0 Å². The third kappa shape index (κ3) is 3.48. The van der Waals surface area contributed by atoms with Crippen LogP contribution in [0.2, 0.25) is 0 Å².